The number of nitrogens with one attached hydrogen (secondary N) is 1. The number of hydrogen-bond donors (Lipinski definition) is 1. The molecule has 5 rings (SSSR count). The van der Waals surface area contributed by atoms with Crippen LogP contribution >= 0.6 is 27.7 Å². The van der Waals surface area contributed by atoms with E-state index in [1.807, 2.05) is 72.8 Å². The second kappa shape index (κ2) is 9.80. The van der Waals surface area contributed by atoms with Gasteiger partial charge in [0.05, 0.1) is 5.56 Å². The third-order valence-corrected chi connectivity index (χ3v) is 6.30. The van der Waals surface area contributed by atoms with E-state index in [1.165, 1.54) is 11.8 Å². The normalized spacial score (nSPS) is 14.3. The van der Waals surface area contributed by atoms with Gasteiger partial charge in [-0.1, -0.05) is 77.1 Å². The van der Waals surface area contributed by atoms with Gasteiger partial charge in [0, 0.05) is 15.7 Å². The summed E-state index contributed by atoms with van der Waals surface area (Å²) in [5.74, 6) is 2.04. The molecule has 6 nitrogen and oxygen atoms in total. The lowest BCUT2D eigenvalue weighted by atomic mass is 10.1. The highest BCUT2D eigenvalue weighted by molar-refractivity contribution is 9.10. The Morgan fingerprint density at radius 2 is 1.88 bits per heavy atom. The zero-order chi connectivity index (χ0) is 22.6. The Bertz CT molecular complexity index is 1290. The van der Waals surface area contributed by atoms with E-state index in [1.54, 1.807) is 0 Å². The molecule has 1 aromatic heterocycles. The van der Waals surface area contributed by atoms with Crippen molar-refractivity contribution < 1.29 is 9.47 Å². The van der Waals surface area contributed by atoms with Crippen molar-refractivity contribution in [2.45, 2.75) is 24.9 Å². The van der Waals surface area contributed by atoms with E-state index in [9.17, 15) is 0 Å². The Kier molecular flexibility index (Phi) is 6.46. The SMILES string of the molecule is CCSc1nnc2c(n1)O[C@@H](c1ccccc1OCc1cccc(Br)c1)Nc1ccccc1-2. The summed E-state index contributed by atoms with van der Waals surface area (Å²) < 4.78 is 13.6. The second-order valence-electron chi connectivity index (χ2n) is 7.33. The molecule has 1 aliphatic rings. The van der Waals surface area contributed by atoms with E-state index >= 15 is 0 Å². The van der Waals surface area contributed by atoms with Gasteiger partial charge < -0.3 is 14.8 Å². The average molecular weight is 521 g/mol. The van der Waals surface area contributed by atoms with Gasteiger partial charge in [0.15, 0.2) is 5.69 Å². The summed E-state index contributed by atoms with van der Waals surface area (Å²) in [4.78, 5) is 4.65. The van der Waals surface area contributed by atoms with Crippen molar-refractivity contribution in [3.63, 3.8) is 0 Å². The third-order valence-electron chi connectivity index (χ3n) is 5.09. The van der Waals surface area contributed by atoms with Crippen molar-refractivity contribution in [1.29, 1.82) is 0 Å². The summed E-state index contributed by atoms with van der Waals surface area (Å²) in [6, 6.07) is 23.9. The molecule has 1 atom stereocenters. The summed E-state index contributed by atoms with van der Waals surface area (Å²) >= 11 is 5.05. The number of fused-ring (bicyclic) bond motifs is 3. The number of anilines is 1. The smallest absolute Gasteiger partial charge is 0.247 e. The fourth-order valence-corrected chi connectivity index (χ4v) is 4.55. The lowest BCUT2D eigenvalue weighted by molar-refractivity contribution is 0.214. The maximum atomic E-state index is 6.40. The number of halogens is 1. The number of aromatic nitrogens is 3. The monoisotopic (exact) mass is 520 g/mol. The van der Waals surface area contributed by atoms with Gasteiger partial charge in [-0.05, 0) is 41.6 Å². The van der Waals surface area contributed by atoms with Crippen LogP contribution in [0.3, 0.4) is 0 Å². The minimum Gasteiger partial charge on any atom is -0.488 e. The topological polar surface area (TPSA) is 69.2 Å². The highest BCUT2D eigenvalue weighted by Crippen LogP contribution is 2.41. The first-order valence-electron chi connectivity index (χ1n) is 10.6. The first kappa shape index (κ1) is 21.7. The van der Waals surface area contributed by atoms with E-state index in [4.69, 9.17) is 9.47 Å². The molecule has 1 N–H and O–H groups in total. The number of ether oxygens (including phenoxy) is 2. The van der Waals surface area contributed by atoms with Crippen molar-refractivity contribution in [2.75, 3.05) is 11.1 Å². The van der Waals surface area contributed by atoms with E-state index in [0.717, 1.165) is 38.4 Å². The predicted octanol–water partition coefficient (Wildman–Crippen LogP) is 6.50. The molecule has 0 aliphatic carbocycles. The summed E-state index contributed by atoms with van der Waals surface area (Å²) in [6.45, 7) is 2.50. The number of hydrogen-bond acceptors (Lipinski definition) is 7. The Morgan fingerprint density at radius 3 is 2.76 bits per heavy atom. The number of para-hydroxylation sites is 2. The van der Waals surface area contributed by atoms with Crippen LogP contribution in [0.2, 0.25) is 0 Å². The summed E-state index contributed by atoms with van der Waals surface area (Å²) in [5, 5.41) is 12.8. The molecular formula is C25H21BrN4O2S. The van der Waals surface area contributed by atoms with Gasteiger partial charge in [-0.3, -0.25) is 0 Å². The maximum Gasteiger partial charge on any atom is 0.247 e. The zero-order valence-corrected chi connectivity index (χ0v) is 20.3. The maximum absolute atomic E-state index is 6.40. The van der Waals surface area contributed by atoms with E-state index < -0.39 is 6.23 Å². The van der Waals surface area contributed by atoms with Crippen LogP contribution in [-0.4, -0.2) is 20.9 Å². The molecular weight excluding hydrogens is 500 g/mol. The fraction of sp³-hybridized carbons (Fsp3) is 0.160. The Labute approximate surface area is 204 Å². The zero-order valence-electron chi connectivity index (χ0n) is 17.9. The second-order valence-corrected chi connectivity index (χ2v) is 9.47. The highest BCUT2D eigenvalue weighted by Gasteiger charge is 2.27. The van der Waals surface area contributed by atoms with Crippen molar-refractivity contribution >= 4 is 33.4 Å². The molecule has 0 radical (unpaired) electrons. The number of thioether (sulfide) groups is 1. The highest BCUT2D eigenvalue weighted by atomic mass is 79.9. The molecule has 3 aromatic carbocycles. The van der Waals surface area contributed by atoms with Crippen LogP contribution in [0, 0.1) is 0 Å². The van der Waals surface area contributed by atoms with Crippen LogP contribution in [0.4, 0.5) is 5.69 Å². The first-order valence-corrected chi connectivity index (χ1v) is 12.4. The van der Waals surface area contributed by atoms with Crippen LogP contribution in [0.5, 0.6) is 11.6 Å². The summed E-state index contributed by atoms with van der Waals surface area (Å²) in [6.07, 6.45) is -0.512. The molecule has 33 heavy (non-hydrogen) atoms. The molecule has 0 saturated carbocycles. The minimum atomic E-state index is -0.512. The molecule has 0 unspecified atom stereocenters. The van der Waals surface area contributed by atoms with Crippen molar-refractivity contribution in [2.24, 2.45) is 0 Å². The fourth-order valence-electron chi connectivity index (χ4n) is 3.59. The summed E-state index contributed by atoms with van der Waals surface area (Å²) in [5.41, 5.74) is 4.36. The van der Waals surface area contributed by atoms with Gasteiger partial charge in [0.25, 0.3) is 0 Å². The quantitative estimate of drug-likeness (QED) is 0.291. The molecule has 166 valence electrons. The molecule has 4 aromatic rings. The van der Waals surface area contributed by atoms with Crippen LogP contribution in [0.15, 0.2) is 82.4 Å². The van der Waals surface area contributed by atoms with Gasteiger partial charge >= 0.3 is 0 Å². The van der Waals surface area contributed by atoms with Crippen LogP contribution < -0.4 is 14.8 Å². The lowest BCUT2D eigenvalue weighted by Gasteiger charge is -2.22. The van der Waals surface area contributed by atoms with Crippen molar-refractivity contribution in [1.82, 2.24) is 15.2 Å². The Hall–Kier alpha value is -3.10. The van der Waals surface area contributed by atoms with Crippen molar-refractivity contribution in [3.8, 4) is 22.9 Å². The van der Waals surface area contributed by atoms with Gasteiger partial charge in [-0.15, -0.1) is 10.2 Å². The molecule has 2 heterocycles. The molecule has 0 fully saturated rings. The van der Waals surface area contributed by atoms with Crippen molar-refractivity contribution in [3.05, 3.63) is 88.4 Å². The molecule has 0 spiro atoms. The molecule has 0 bridgehead atoms. The van der Waals surface area contributed by atoms with Gasteiger partial charge in [-0.2, -0.15) is 4.98 Å². The largest absolute Gasteiger partial charge is 0.488 e. The number of rotatable bonds is 6. The molecule has 0 amide bonds. The standard InChI is InChI=1S/C25H21BrN4O2S/c1-2-33-25-28-24-22(29-30-25)18-10-3-5-12-20(18)27-23(32-24)19-11-4-6-13-21(19)31-15-16-8-7-9-17(26)14-16/h3-14,23,27H,2,15H2,1H3/t23-/m0/s1. The number of nitrogens with zero attached hydrogens (tertiary/aromatic N) is 3. The van der Waals surface area contributed by atoms with E-state index in [0.29, 0.717) is 23.3 Å². The predicted molar refractivity (Wildman–Crippen MR) is 134 cm³/mol. The first-order chi connectivity index (χ1) is 16.2. The van der Waals surface area contributed by atoms with Gasteiger partial charge in [-0.25, -0.2) is 0 Å². The lowest BCUT2D eigenvalue weighted by Crippen LogP contribution is -2.18. The summed E-state index contributed by atoms with van der Waals surface area (Å²) in [7, 11) is 0. The average Bonchev–Trinajstić information content (AvgIpc) is 3.00. The molecule has 8 heteroatoms. The van der Waals surface area contributed by atoms with Crippen LogP contribution in [-0.2, 0) is 6.61 Å². The van der Waals surface area contributed by atoms with Crippen LogP contribution in [0.25, 0.3) is 11.3 Å². The number of benzene rings is 3. The molecule has 0 saturated heterocycles. The minimum absolute atomic E-state index is 0.442. The van der Waals surface area contributed by atoms with Gasteiger partial charge in [0.1, 0.15) is 12.4 Å². The molecule has 1 aliphatic heterocycles. The Balaban J connectivity index is 1.50. The van der Waals surface area contributed by atoms with Gasteiger partial charge in [0.2, 0.25) is 17.3 Å². The van der Waals surface area contributed by atoms with Crippen LogP contribution in [0.1, 0.15) is 24.3 Å². The Morgan fingerprint density at radius 1 is 1.03 bits per heavy atom. The van der Waals surface area contributed by atoms with E-state index in [-0.39, 0.29) is 0 Å². The van der Waals surface area contributed by atoms with E-state index in [2.05, 4.69) is 43.4 Å². The third kappa shape index (κ3) is 4.82.